The van der Waals surface area contributed by atoms with Crippen LogP contribution in [0.1, 0.15) is 172 Å². The minimum absolute atomic E-state index is 0.355. The maximum absolute atomic E-state index is 12.3. The molecule has 0 aliphatic heterocycles. The summed E-state index contributed by atoms with van der Waals surface area (Å²) in [7, 11) is 0. The third-order valence-corrected chi connectivity index (χ3v) is 9.09. The van der Waals surface area contributed by atoms with Gasteiger partial charge in [-0.2, -0.15) is 0 Å². The molecule has 0 radical (unpaired) electrons. The van der Waals surface area contributed by atoms with E-state index in [1.54, 1.807) is 24.3 Å². The second-order valence-electron chi connectivity index (χ2n) is 13.8. The Morgan fingerprint density at radius 2 is 0.923 bits per heavy atom. The summed E-state index contributed by atoms with van der Waals surface area (Å²) < 4.78 is 16.5. The number of hydrogen-bond acceptors (Lipinski definition) is 5. The Kier molecular flexibility index (Phi) is 27.0. The summed E-state index contributed by atoms with van der Waals surface area (Å²) >= 11 is 0. The molecule has 0 bridgehead atoms. The predicted octanol–water partition coefficient (Wildman–Crippen LogP) is 12.5. The van der Waals surface area contributed by atoms with Crippen LogP contribution in [0.5, 0.6) is 11.5 Å². The lowest BCUT2D eigenvalue weighted by molar-refractivity contribution is -0.136. The fourth-order valence-electron chi connectivity index (χ4n) is 5.94. The number of unbranched alkanes of at least 4 members (excludes halogenated alkanes) is 22. The molecule has 0 saturated carbocycles. The number of carbonyl (C=O) groups is 2. The summed E-state index contributed by atoms with van der Waals surface area (Å²) in [6, 6.07) is 14.1. The SMILES string of the molecule is C=CCCCCCCCCCCCCOc1ccc(C#CC(=O)Oc2ccc(C#CC(=O)OCCCCCCCCCCCCCCC)cc2)cc1. The van der Waals surface area contributed by atoms with Crippen molar-refractivity contribution in [2.75, 3.05) is 13.2 Å². The quantitative estimate of drug-likeness (QED) is 0.0276. The van der Waals surface area contributed by atoms with Gasteiger partial charge in [0, 0.05) is 23.0 Å². The average Bonchev–Trinajstić information content (AvgIpc) is 3.16. The Hall–Kier alpha value is -3.96. The van der Waals surface area contributed by atoms with Crippen molar-refractivity contribution < 1.29 is 23.8 Å². The lowest BCUT2D eigenvalue weighted by atomic mass is 10.0. The van der Waals surface area contributed by atoms with Gasteiger partial charge in [0.05, 0.1) is 13.2 Å². The summed E-state index contributed by atoms with van der Waals surface area (Å²) in [5.74, 6) is 10.7. The fourth-order valence-corrected chi connectivity index (χ4v) is 5.94. The van der Waals surface area contributed by atoms with Gasteiger partial charge >= 0.3 is 11.9 Å². The molecular weight excluding hydrogens is 645 g/mol. The lowest BCUT2D eigenvalue weighted by Gasteiger charge is -2.06. The highest BCUT2D eigenvalue weighted by Gasteiger charge is 2.03. The number of rotatable bonds is 29. The van der Waals surface area contributed by atoms with Crippen LogP contribution in [0.3, 0.4) is 0 Å². The normalized spacial score (nSPS) is 10.4. The highest BCUT2D eigenvalue weighted by Crippen LogP contribution is 2.16. The summed E-state index contributed by atoms with van der Waals surface area (Å²) in [4.78, 5) is 24.3. The van der Waals surface area contributed by atoms with Crippen molar-refractivity contribution in [1.29, 1.82) is 0 Å². The number of allylic oxidation sites excluding steroid dienone is 1. The number of carbonyl (C=O) groups excluding carboxylic acids is 2. The largest absolute Gasteiger partial charge is 0.494 e. The number of benzene rings is 2. The molecule has 0 spiro atoms. The molecule has 0 aliphatic rings. The van der Waals surface area contributed by atoms with Crippen LogP contribution in [0.4, 0.5) is 0 Å². The lowest BCUT2D eigenvalue weighted by Crippen LogP contribution is -2.04. The first-order chi connectivity index (χ1) is 25.6. The van der Waals surface area contributed by atoms with Crippen LogP contribution in [-0.4, -0.2) is 25.2 Å². The molecule has 0 aromatic heterocycles. The standard InChI is InChI=1S/C47H66O5/c1-3-5-7-9-11-13-15-17-19-21-23-25-27-41-51-46(48)38-32-43-30-36-45(37-31-43)52-47(49)39-33-42-28-34-44(35-29-42)50-40-26-24-22-20-18-16-14-12-10-8-6-4-2/h4,28-31,34-37H,2-3,5-27,40-41H2,1H3. The second kappa shape index (κ2) is 31.7. The molecule has 0 fully saturated rings. The molecule has 284 valence electrons. The topological polar surface area (TPSA) is 61.8 Å². The van der Waals surface area contributed by atoms with Crippen molar-refractivity contribution in [3.05, 3.63) is 72.3 Å². The first-order valence-corrected chi connectivity index (χ1v) is 20.5. The van der Waals surface area contributed by atoms with Crippen molar-refractivity contribution >= 4 is 11.9 Å². The molecule has 52 heavy (non-hydrogen) atoms. The van der Waals surface area contributed by atoms with Gasteiger partial charge in [-0.15, -0.1) is 6.58 Å². The maximum Gasteiger partial charge on any atom is 0.390 e. The van der Waals surface area contributed by atoms with Crippen LogP contribution in [0.25, 0.3) is 0 Å². The van der Waals surface area contributed by atoms with Gasteiger partial charge in [-0.1, -0.05) is 153 Å². The fraction of sp³-hybridized carbons (Fsp3) is 0.574. The van der Waals surface area contributed by atoms with Gasteiger partial charge in [0.25, 0.3) is 0 Å². The Morgan fingerprint density at radius 3 is 1.40 bits per heavy atom. The molecule has 5 nitrogen and oxygen atoms in total. The van der Waals surface area contributed by atoms with Gasteiger partial charge in [-0.25, -0.2) is 9.59 Å². The Bertz CT molecular complexity index is 1340. The summed E-state index contributed by atoms with van der Waals surface area (Å²) in [6.45, 7) is 7.14. The first-order valence-electron chi connectivity index (χ1n) is 20.5. The molecule has 2 aromatic carbocycles. The van der Waals surface area contributed by atoms with E-state index in [0.717, 1.165) is 31.4 Å². The Balaban J connectivity index is 1.51. The van der Waals surface area contributed by atoms with Crippen LogP contribution in [0, 0.1) is 23.7 Å². The van der Waals surface area contributed by atoms with E-state index < -0.39 is 11.9 Å². The highest BCUT2D eigenvalue weighted by atomic mass is 16.5. The van der Waals surface area contributed by atoms with Crippen molar-refractivity contribution in [2.24, 2.45) is 0 Å². The molecule has 0 saturated heterocycles. The number of hydrogen-bond donors (Lipinski definition) is 0. The van der Waals surface area contributed by atoms with Gasteiger partial charge in [0.2, 0.25) is 0 Å². The molecule has 5 heteroatoms. The summed E-state index contributed by atoms with van der Waals surface area (Å²) in [5.41, 5.74) is 1.33. The summed E-state index contributed by atoms with van der Waals surface area (Å²) in [5, 5.41) is 0. The Morgan fingerprint density at radius 1 is 0.519 bits per heavy atom. The van der Waals surface area contributed by atoms with Crippen LogP contribution in [0.2, 0.25) is 0 Å². The maximum atomic E-state index is 12.3. The van der Waals surface area contributed by atoms with Gasteiger partial charge in [0.15, 0.2) is 0 Å². The van der Waals surface area contributed by atoms with E-state index in [1.807, 2.05) is 30.3 Å². The van der Waals surface area contributed by atoms with Crippen LogP contribution >= 0.6 is 0 Å². The minimum Gasteiger partial charge on any atom is -0.494 e. The third kappa shape index (κ3) is 25.1. The second-order valence-corrected chi connectivity index (χ2v) is 13.8. The first kappa shape index (κ1) is 44.2. The zero-order valence-electron chi connectivity index (χ0n) is 32.3. The van der Waals surface area contributed by atoms with Gasteiger partial charge < -0.3 is 14.2 Å². The van der Waals surface area contributed by atoms with Gasteiger partial charge in [0.1, 0.15) is 11.5 Å². The number of esters is 2. The van der Waals surface area contributed by atoms with Crippen molar-refractivity contribution in [3.8, 4) is 35.2 Å². The van der Waals surface area contributed by atoms with E-state index in [4.69, 9.17) is 14.2 Å². The van der Waals surface area contributed by atoms with E-state index in [9.17, 15) is 9.59 Å². The molecule has 2 aromatic rings. The molecule has 0 aliphatic carbocycles. The zero-order valence-corrected chi connectivity index (χ0v) is 32.3. The molecule has 2 rings (SSSR count). The molecule has 0 N–H and O–H groups in total. The monoisotopic (exact) mass is 710 g/mol. The number of ether oxygens (including phenoxy) is 3. The molecule has 0 atom stereocenters. The predicted molar refractivity (Wildman–Crippen MR) is 215 cm³/mol. The molecular formula is C47H66O5. The van der Waals surface area contributed by atoms with Crippen LogP contribution in [0.15, 0.2) is 61.2 Å². The average molecular weight is 711 g/mol. The smallest absolute Gasteiger partial charge is 0.390 e. The van der Waals surface area contributed by atoms with E-state index >= 15 is 0 Å². The van der Waals surface area contributed by atoms with E-state index in [1.165, 1.54) is 128 Å². The van der Waals surface area contributed by atoms with Crippen LogP contribution < -0.4 is 9.47 Å². The van der Waals surface area contributed by atoms with E-state index in [0.29, 0.717) is 30.1 Å². The van der Waals surface area contributed by atoms with Gasteiger partial charge in [-0.3, -0.25) is 0 Å². The highest BCUT2D eigenvalue weighted by molar-refractivity contribution is 5.91. The summed E-state index contributed by atoms with van der Waals surface area (Å²) in [6.07, 6.45) is 32.6. The van der Waals surface area contributed by atoms with Gasteiger partial charge in [-0.05, 0) is 74.2 Å². The van der Waals surface area contributed by atoms with E-state index in [-0.39, 0.29) is 0 Å². The zero-order chi connectivity index (χ0) is 37.2. The molecule has 0 heterocycles. The van der Waals surface area contributed by atoms with Crippen molar-refractivity contribution in [3.63, 3.8) is 0 Å². The molecule has 0 unspecified atom stereocenters. The van der Waals surface area contributed by atoms with E-state index in [2.05, 4.69) is 37.2 Å². The Labute approximate surface area is 316 Å². The third-order valence-electron chi connectivity index (χ3n) is 9.09. The molecule has 0 amide bonds. The minimum atomic E-state index is -0.653. The van der Waals surface area contributed by atoms with Crippen LogP contribution in [-0.2, 0) is 14.3 Å². The van der Waals surface area contributed by atoms with Crippen molar-refractivity contribution in [1.82, 2.24) is 0 Å². The van der Waals surface area contributed by atoms with Crippen molar-refractivity contribution in [2.45, 2.75) is 161 Å².